The molecular formula is C14H22ClNO. The molecule has 0 amide bonds. The summed E-state index contributed by atoms with van der Waals surface area (Å²) >= 11 is 6.06. The lowest BCUT2D eigenvalue weighted by atomic mass is 10.2. The fourth-order valence-electron chi connectivity index (χ4n) is 1.73. The Labute approximate surface area is 110 Å². The maximum absolute atomic E-state index is 6.06. The van der Waals surface area contributed by atoms with Crippen LogP contribution in [-0.4, -0.2) is 31.1 Å². The third-order valence-corrected chi connectivity index (χ3v) is 3.17. The molecule has 0 heterocycles. The Bertz CT molecular complexity index is 337. The van der Waals surface area contributed by atoms with Gasteiger partial charge in [-0.1, -0.05) is 31.5 Å². The van der Waals surface area contributed by atoms with Crippen molar-refractivity contribution >= 4 is 11.6 Å². The quantitative estimate of drug-likeness (QED) is 0.688. The van der Waals surface area contributed by atoms with Crippen molar-refractivity contribution in [3.63, 3.8) is 0 Å². The first-order valence-corrected chi connectivity index (χ1v) is 6.66. The van der Waals surface area contributed by atoms with Gasteiger partial charge in [0.2, 0.25) is 0 Å². The Hall–Kier alpha value is -0.730. The molecule has 0 aliphatic heterocycles. The molecule has 0 aliphatic carbocycles. The van der Waals surface area contributed by atoms with Gasteiger partial charge in [0.15, 0.2) is 0 Å². The molecule has 0 saturated heterocycles. The van der Waals surface area contributed by atoms with Crippen molar-refractivity contribution in [2.75, 3.05) is 26.2 Å². The molecule has 3 heteroatoms. The van der Waals surface area contributed by atoms with Crippen LogP contribution in [-0.2, 0) is 0 Å². The molecule has 1 aromatic rings. The van der Waals surface area contributed by atoms with E-state index in [1.54, 1.807) is 0 Å². The van der Waals surface area contributed by atoms with Crippen molar-refractivity contribution in [3.8, 4) is 5.75 Å². The maximum atomic E-state index is 6.06. The molecule has 0 N–H and O–H groups in total. The zero-order valence-corrected chi connectivity index (χ0v) is 11.8. The van der Waals surface area contributed by atoms with E-state index in [4.69, 9.17) is 16.3 Å². The minimum Gasteiger partial charge on any atom is -0.492 e. The summed E-state index contributed by atoms with van der Waals surface area (Å²) in [5.74, 6) is 0.797. The second-order valence-corrected chi connectivity index (χ2v) is 4.57. The van der Waals surface area contributed by atoms with Gasteiger partial charge < -0.3 is 9.64 Å². The van der Waals surface area contributed by atoms with Gasteiger partial charge >= 0.3 is 0 Å². The Morgan fingerprint density at radius 1 is 1.24 bits per heavy atom. The summed E-state index contributed by atoms with van der Waals surface area (Å²) < 4.78 is 5.70. The summed E-state index contributed by atoms with van der Waals surface area (Å²) in [6.45, 7) is 10.4. The van der Waals surface area contributed by atoms with E-state index in [-0.39, 0.29) is 0 Å². The van der Waals surface area contributed by atoms with Crippen molar-refractivity contribution in [2.45, 2.75) is 27.2 Å². The van der Waals surface area contributed by atoms with E-state index >= 15 is 0 Å². The highest BCUT2D eigenvalue weighted by Crippen LogP contribution is 2.25. The fourth-order valence-corrected chi connectivity index (χ4v) is 1.90. The van der Waals surface area contributed by atoms with Gasteiger partial charge in [-0.25, -0.2) is 0 Å². The van der Waals surface area contributed by atoms with Gasteiger partial charge in [0, 0.05) is 6.54 Å². The molecule has 0 aliphatic rings. The summed E-state index contributed by atoms with van der Waals surface area (Å²) in [5.41, 5.74) is 1.17. The van der Waals surface area contributed by atoms with E-state index in [1.807, 2.05) is 25.1 Å². The second-order valence-electron chi connectivity index (χ2n) is 4.16. The van der Waals surface area contributed by atoms with E-state index in [0.717, 1.165) is 38.4 Å². The lowest BCUT2D eigenvalue weighted by molar-refractivity contribution is 0.249. The minimum atomic E-state index is 0.693. The van der Waals surface area contributed by atoms with Gasteiger partial charge in [-0.2, -0.15) is 0 Å². The van der Waals surface area contributed by atoms with Crippen LogP contribution < -0.4 is 4.74 Å². The molecule has 17 heavy (non-hydrogen) atoms. The lowest BCUT2D eigenvalue weighted by Crippen LogP contribution is -2.25. The van der Waals surface area contributed by atoms with Gasteiger partial charge in [-0.15, -0.1) is 0 Å². The molecule has 0 aromatic heterocycles. The molecule has 2 nitrogen and oxygen atoms in total. The molecule has 0 atom stereocenters. The van der Waals surface area contributed by atoms with Crippen LogP contribution in [0.5, 0.6) is 5.75 Å². The van der Waals surface area contributed by atoms with Gasteiger partial charge in [0.05, 0.1) is 11.6 Å². The number of aryl methyl sites for hydroxylation is 1. The van der Waals surface area contributed by atoms with Crippen LogP contribution in [0.2, 0.25) is 5.02 Å². The molecular weight excluding hydrogens is 234 g/mol. The highest BCUT2D eigenvalue weighted by atomic mass is 35.5. The van der Waals surface area contributed by atoms with E-state index in [9.17, 15) is 0 Å². The molecule has 0 radical (unpaired) electrons. The first kappa shape index (κ1) is 14.3. The minimum absolute atomic E-state index is 0.693. The van der Waals surface area contributed by atoms with Crippen molar-refractivity contribution < 1.29 is 4.74 Å². The fraction of sp³-hybridized carbons (Fsp3) is 0.571. The maximum Gasteiger partial charge on any atom is 0.138 e. The molecule has 1 aromatic carbocycles. The summed E-state index contributed by atoms with van der Waals surface area (Å²) in [6, 6.07) is 5.86. The van der Waals surface area contributed by atoms with Crippen LogP contribution in [0.4, 0.5) is 0 Å². The number of halogens is 1. The van der Waals surface area contributed by atoms with E-state index in [1.165, 1.54) is 5.56 Å². The molecule has 0 fully saturated rings. The number of hydrogen-bond donors (Lipinski definition) is 0. The first-order valence-electron chi connectivity index (χ1n) is 6.28. The van der Waals surface area contributed by atoms with E-state index in [2.05, 4.69) is 18.7 Å². The standard InChI is InChI=1S/C14H22ClNO/c1-4-16(5-2)9-6-10-17-14-11-12(3)7-8-13(14)15/h7-8,11H,4-6,9-10H2,1-3H3. The molecule has 0 unspecified atom stereocenters. The molecule has 0 saturated carbocycles. The van der Waals surface area contributed by atoms with E-state index < -0.39 is 0 Å². The normalized spacial score (nSPS) is 10.9. The van der Waals surface area contributed by atoms with Gasteiger partial charge in [0.1, 0.15) is 5.75 Å². The zero-order valence-electron chi connectivity index (χ0n) is 11.0. The number of hydrogen-bond acceptors (Lipinski definition) is 2. The molecule has 96 valence electrons. The Morgan fingerprint density at radius 3 is 2.59 bits per heavy atom. The number of benzene rings is 1. The Kier molecular flexibility index (Phi) is 6.38. The number of nitrogens with zero attached hydrogens (tertiary/aromatic N) is 1. The second kappa shape index (κ2) is 7.57. The van der Waals surface area contributed by atoms with Gasteiger partial charge in [-0.3, -0.25) is 0 Å². The van der Waals surface area contributed by atoms with Crippen LogP contribution in [0, 0.1) is 6.92 Å². The van der Waals surface area contributed by atoms with E-state index in [0.29, 0.717) is 5.02 Å². The van der Waals surface area contributed by atoms with Crippen LogP contribution >= 0.6 is 11.6 Å². The predicted molar refractivity (Wildman–Crippen MR) is 74.1 cm³/mol. The summed E-state index contributed by atoms with van der Waals surface area (Å²) in [6.07, 6.45) is 1.03. The van der Waals surface area contributed by atoms with Crippen LogP contribution in [0.1, 0.15) is 25.8 Å². The predicted octanol–water partition coefficient (Wildman–Crippen LogP) is 3.76. The monoisotopic (exact) mass is 255 g/mol. The number of ether oxygens (including phenoxy) is 1. The van der Waals surface area contributed by atoms with Gasteiger partial charge in [-0.05, 0) is 44.1 Å². The first-order chi connectivity index (χ1) is 8.17. The van der Waals surface area contributed by atoms with Crippen molar-refractivity contribution in [2.24, 2.45) is 0 Å². The Balaban J connectivity index is 2.33. The average Bonchev–Trinajstić information content (AvgIpc) is 2.33. The lowest BCUT2D eigenvalue weighted by Gasteiger charge is -2.17. The zero-order chi connectivity index (χ0) is 12.7. The summed E-state index contributed by atoms with van der Waals surface area (Å²) in [4.78, 5) is 2.39. The Morgan fingerprint density at radius 2 is 1.94 bits per heavy atom. The molecule has 1 rings (SSSR count). The van der Waals surface area contributed by atoms with Crippen LogP contribution in [0.3, 0.4) is 0 Å². The third-order valence-electron chi connectivity index (χ3n) is 2.86. The highest BCUT2D eigenvalue weighted by molar-refractivity contribution is 6.32. The van der Waals surface area contributed by atoms with Crippen LogP contribution in [0.25, 0.3) is 0 Å². The average molecular weight is 256 g/mol. The van der Waals surface area contributed by atoms with Crippen molar-refractivity contribution in [1.29, 1.82) is 0 Å². The molecule has 0 spiro atoms. The largest absolute Gasteiger partial charge is 0.492 e. The smallest absolute Gasteiger partial charge is 0.138 e. The van der Waals surface area contributed by atoms with Crippen molar-refractivity contribution in [1.82, 2.24) is 4.90 Å². The summed E-state index contributed by atoms with van der Waals surface area (Å²) in [7, 11) is 0. The van der Waals surface area contributed by atoms with Crippen molar-refractivity contribution in [3.05, 3.63) is 28.8 Å². The van der Waals surface area contributed by atoms with Gasteiger partial charge in [0.25, 0.3) is 0 Å². The third kappa shape index (κ3) is 4.97. The molecule has 0 bridgehead atoms. The summed E-state index contributed by atoms with van der Waals surface area (Å²) in [5, 5.41) is 0.693. The van der Waals surface area contributed by atoms with Crippen LogP contribution in [0.15, 0.2) is 18.2 Å². The number of rotatable bonds is 7. The highest BCUT2D eigenvalue weighted by Gasteiger charge is 2.02. The topological polar surface area (TPSA) is 12.5 Å². The SMILES string of the molecule is CCN(CC)CCCOc1cc(C)ccc1Cl.